The minimum atomic E-state index is -0.566. The number of hydrogen-bond acceptors (Lipinski definition) is 6. The fourth-order valence-electron chi connectivity index (χ4n) is 3.74. The number of aromatic amines is 1. The molecule has 3 rings (SSSR count). The van der Waals surface area contributed by atoms with Gasteiger partial charge in [0.1, 0.15) is 6.23 Å². The second-order valence-electron chi connectivity index (χ2n) is 7.62. The maximum atomic E-state index is 11.6. The van der Waals surface area contributed by atoms with Crippen LogP contribution >= 0.6 is 0 Å². The lowest BCUT2D eigenvalue weighted by molar-refractivity contribution is -0.0218. The molecule has 0 saturated carbocycles. The van der Waals surface area contributed by atoms with Crippen molar-refractivity contribution in [2.75, 3.05) is 0 Å². The van der Waals surface area contributed by atoms with E-state index in [0.717, 1.165) is 25.7 Å². The van der Waals surface area contributed by atoms with Crippen molar-refractivity contribution in [2.45, 2.75) is 103 Å². The largest absolute Gasteiger partial charge is 0.390 e. The molecule has 0 spiro atoms. The molecule has 1 aromatic heterocycles. The number of H-pyrrole nitrogens is 1. The Morgan fingerprint density at radius 1 is 1.07 bits per heavy atom. The number of nitrogens with zero attached hydrogens (tertiary/aromatic N) is 1. The van der Waals surface area contributed by atoms with E-state index in [-0.39, 0.29) is 18.3 Å². The van der Waals surface area contributed by atoms with Crippen LogP contribution in [0.4, 0.5) is 0 Å². The van der Waals surface area contributed by atoms with Gasteiger partial charge in [-0.25, -0.2) is 4.79 Å². The topological polar surface area (TPSA) is 114 Å². The van der Waals surface area contributed by atoms with Gasteiger partial charge in [0.2, 0.25) is 0 Å². The molecule has 2 aliphatic heterocycles. The average Bonchev–Trinajstić information content (AvgIpc) is 3.20. The summed E-state index contributed by atoms with van der Waals surface area (Å²) in [6, 6.07) is 0. The molecule has 2 saturated heterocycles. The van der Waals surface area contributed by atoms with Gasteiger partial charge in [-0.05, 0) is 26.2 Å². The van der Waals surface area contributed by atoms with Crippen LogP contribution in [0.3, 0.4) is 0 Å². The van der Waals surface area contributed by atoms with Crippen LogP contribution in [-0.4, -0.2) is 50.3 Å². The van der Waals surface area contributed by atoms with Gasteiger partial charge in [-0.15, -0.1) is 0 Å². The molecule has 2 unspecified atom stereocenters. The van der Waals surface area contributed by atoms with Crippen molar-refractivity contribution in [3.63, 3.8) is 0 Å². The number of nitrogens with one attached hydrogen (secondary N) is 1. The Bertz CT molecular complexity index is 730. The van der Waals surface area contributed by atoms with E-state index in [1.54, 1.807) is 6.92 Å². The Balaban J connectivity index is 0.000000221. The minimum Gasteiger partial charge on any atom is -0.390 e. The first-order valence-electron chi connectivity index (χ1n) is 10.3. The third-order valence-electron chi connectivity index (χ3n) is 5.38. The van der Waals surface area contributed by atoms with Gasteiger partial charge in [0, 0.05) is 24.6 Å². The van der Waals surface area contributed by atoms with Crippen LogP contribution in [-0.2, 0) is 9.47 Å². The molecule has 0 aliphatic carbocycles. The molecule has 3 heterocycles. The zero-order chi connectivity index (χ0) is 20.8. The van der Waals surface area contributed by atoms with Crippen LogP contribution in [0.25, 0.3) is 0 Å². The molecule has 0 aromatic carbocycles. The summed E-state index contributed by atoms with van der Waals surface area (Å²) in [6.07, 6.45) is 5.42. The quantitative estimate of drug-likeness (QED) is 0.694. The smallest absolute Gasteiger partial charge is 0.330 e. The molecule has 160 valence electrons. The first-order valence-corrected chi connectivity index (χ1v) is 10.3. The third kappa shape index (κ3) is 5.53. The third-order valence-corrected chi connectivity index (χ3v) is 5.38. The van der Waals surface area contributed by atoms with E-state index in [0.29, 0.717) is 24.5 Å². The lowest BCUT2D eigenvalue weighted by Crippen LogP contribution is -2.33. The number of aryl methyl sites for hydroxylation is 1. The summed E-state index contributed by atoms with van der Waals surface area (Å²) in [4.78, 5) is 25.1. The average molecular weight is 399 g/mol. The van der Waals surface area contributed by atoms with Crippen LogP contribution in [0.15, 0.2) is 15.8 Å². The van der Waals surface area contributed by atoms with E-state index < -0.39 is 23.6 Å². The van der Waals surface area contributed by atoms with Crippen LogP contribution in [0.1, 0.15) is 71.1 Å². The highest BCUT2D eigenvalue weighted by Crippen LogP contribution is 2.29. The van der Waals surface area contributed by atoms with Gasteiger partial charge in [-0.2, -0.15) is 0 Å². The molecule has 0 radical (unpaired) electrons. The molecule has 1 aromatic rings. The van der Waals surface area contributed by atoms with E-state index in [9.17, 15) is 19.8 Å². The van der Waals surface area contributed by atoms with Gasteiger partial charge in [0.25, 0.3) is 5.56 Å². The molecule has 28 heavy (non-hydrogen) atoms. The maximum absolute atomic E-state index is 11.6. The zero-order valence-electron chi connectivity index (χ0n) is 17.3. The lowest BCUT2D eigenvalue weighted by Gasteiger charge is -2.14. The normalized spacial score (nSPS) is 32.2. The summed E-state index contributed by atoms with van der Waals surface area (Å²) in [5, 5.41) is 19.2. The fourth-order valence-corrected chi connectivity index (χ4v) is 3.74. The summed E-state index contributed by atoms with van der Waals surface area (Å²) in [5.74, 6) is 0. The number of rotatable bonds is 5. The van der Waals surface area contributed by atoms with Gasteiger partial charge < -0.3 is 19.7 Å². The van der Waals surface area contributed by atoms with Crippen LogP contribution < -0.4 is 11.2 Å². The Morgan fingerprint density at radius 3 is 2.21 bits per heavy atom. The van der Waals surface area contributed by atoms with Crippen molar-refractivity contribution in [1.29, 1.82) is 0 Å². The van der Waals surface area contributed by atoms with Crippen molar-refractivity contribution >= 4 is 0 Å². The highest BCUT2D eigenvalue weighted by atomic mass is 16.5. The van der Waals surface area contributed by atoms with Crippen molar-refractivity contribution in [2.24, 2.45) is 0 Å². The highest BCUT2D eigenvalue weighted by Gasteiger charge is 2.34. The maximum Gasteiger partial charge on any atom is 0.330 e. The van der Waals surface area contributed by atoms with Gasteiger partial charge in [-0.1, -0.05) is 27.2 Å². The van der Waals surface area contributed by atoms with E-state index in [1.807, 2.05) is 6.92 Å². The van der Waals surface area contributed by atoms with E-state index >= 15 is 0 Å². The first kappa shape index (κ1) is 22.8. The predicted octanol–water partition coefficient (Wildman–Crippen LogP) is 1.62. The molecule has 8 nitrogen and oxygen atoms in total. The standard InChI is InChI=1S/C11H16N2O4.C9H18O2/c1-3-8-7(14)4-9(17-8)13-5-6(2)10(15)12-11(13)16;1-3-5-7-6-8(10)9(4-2)11-7/h5,7-9,14H,3-4H2,1-2H3,(H,12,15,16);7-10H,3-6H2,1-2H3/t7?,8-,9-;7-,8?,9+/m10/s1. The number of aliphatic hydroxyl groups is 2. The Kier molecular flexibility index (Phi) is 8.42. The summed E-state index contributed by atoms with van der Waals surface area (Å²) in [7, 11) is 0. The fraction of sp³-hybridized carbons (Fsp3) is 0.800. The second-order valence-corrected chi connectivity index (χ2v) is 7.62. The lowest BCUT2D eigenvalue weighted by atomic mass is 10.1. The minimum absolute atomic E-state index is 0.103. The van der Waals surface area contributed by atoms with Crippen LogP contribution in [0.5, 0.6) is 0 Å². The Hall–Kier alpha value is -1.48. The van der Waals surface area contributed by atoms with E-state index in [2.05, 4.69) is 18.8 Å². The summed E-state index contributed by atoms with van der Waals surface area (Å²) in [5.41, 5.74) is -0.450. The van der Waals surface area contributed by atoms with Crippen molar-refractivity contribution in [3.05, 3.63) is 32.6 Å². The van der Waals surface area contributed by atoms with Crippen LogP contribution in [0, 0.1) is 6.92 Å². The van der Waals surface area contributed by atoms with Crippen molar-refractivity contribution < 1.29 is 19.7 Å². The molecular weight excluding hydrogens is 364 g/mol. The van der Waals surface area contributed by atoms with Crippen molar-refractivity contribution in [3.8, 4) is 0 Å². The van der Waals surface area contributed by atoms with Gasteiger partial charge in [0.05, 0.1) is 30.5 Å². The Labute approximate surface area is 165 Å². The molecule has 0 bridgehead atoms. The summed E-state index contributed by atoms with van der Waals surface area (Å²) in [6.45, 7) is 7.74. The molecule has 2 fully saturated rings. The molecular formula is C20H34N2O6. The highest BCUT2D eigenvalue weighted by molar-refractivity contribution is 5.02. The molecule has 8 heteroatoms. The molecule has 6 atom stereocenters. The molecule has 3 N–H and O–H groups in total. The van der Waals surface area contributed by atoms with E-state index in [1.165, 1.54) is 10.8 Å². The first-order chi connectivity index (χ1) is 13.3. The second kappa shape index (κ2) is 10.3. The molecule has 2 aliphatic rings. The number of aliphatic hydroxyl groups excluding tert-OH is 2. The van der Waals surface area contributed by atoms with Gasteiger partial charge in [-0.3, -0.25) is 14.3 Å². The Morgan fingerprint density at radius 2 is 1.68 bits per heavy atom. The number of aromatic nitrogens is 2. The van der Waals surface area contributed by atoms with E-state index in [4.69, 9.17) is 9.47 Å². The molecule has 0 amide bonds. The number of hydrogen-bond donors (Lipinski definition) is 3. The van der Waals surface area contributed by atoms with Crippen molar-refractivity contribution in [1.82, 2.24) is 9.55 Å². The monoisotopic (exact) mass is 398 g/mol. The zero-order valence-corrected chi connectivity index (χ0v) is 17.3. The summed E-state index contributed by atoms with van der Waals surface area (Å²) < 4.78 is 12.5. The van der Waals surface area contributed by atoms with Crippen LogP contribution in [0.2, 0.25) is 0 Å². The SMILES string of the molecule is CCC[C@H]1CC(O)[C@@H](CC)O1.CC[C@H]1O[C@@H](n2cc(C)c(=O)[nH]c2=O)CC1O. The van der Waals surface area contributed by atoms with Gasteiger partial charge in [0.15, 0.2) is 0 Å². The number of ether oxygens (including phenoxy) is 2. The predicted molar refractivity (Wildman–Crippen MR) is 105 cm³/mol. The van der Waals surface area contributed by atoms with Gasteiger partial charge >= 0.3 is 5.69 Å². The summed E-state index contributed by atoms with van der Waals surface area (Å²) >= 11 is 0.